The summed E-state index contributed by atoms with van der Waals surface area (Å²) in [4.78, 5) is 55.5. The Morgan fingerprint density at radius 3 is 2.54 bits per heavy atom. The summed E-state index contributed by atoms with van der Waals surface area (Å²) in [6.07, 6.45) is 7.85. The van der Waals surface area contributed by atoms with Crippen LogP contribution in [0, 0.1) is 12.3 Å². The van der Waals surface area contributed by atoms with Crippen LogP contribution in [0.2, 0.25) is 0 Å². The Kier molecular flexibility index (Phi) is 7.77. The number of Topliss-reactive ketones (excluding diaryl/α,β-unsaturated/α-hetero) is 1. The minimum atomic E-state index is -0.799. The molecule has 2 amide bonds. The first-order chi connectivity index (χ1) is 22.9. The van der Waals surface area contributed by atoms with Crippen LogP contribution in [-0.2, 0) is 16.1 Å². The number of amides is 2. The summed E-state index contributed by atoms with van der Waals surface area (Å²) in [5.74, 6) is 0.688. The Hall–Kier alpha value is -5.11. The lowest BCUT2D eigenvalue weighted by atomic mass is 9.73. The zero-order valence-corrected chi connectivity index (χ0v) is 28.5. The van der Waals surface area contributed by atoms with Crippen molar-refractivity contribution < 1.29 is 18.8 Å². The van der Waals surface area contributed by atoms with Gasteiger partial charge in [-0.05, 0) is 59.1 Å². The van der Waals surface area contributed by atoms with E-state index in [-0.39, 0.29) is 53.0 Å². The molecule has 1 aliphatic carbocycles. The molecule has 1 aliphatic heterocycles. The number of nitrogens with one attached hydrogen (secondary N) is 1. The summed E-state index contributed by atoms with van der Waals surface area (Å²) in [5, 5.41) is 16.4. The lowest BCUT2D eigenvalue weighted by Crippen LogP contribution is -2.50. The second-order valence-corrected chi connectivity index (χ2v) is 13.6. The number of aromatic nitrogens is 7. The van der Waals surface area contributed by atoms with Crippen molar-refractivity contribution in [2.75, 3.05) is 5.32 Å². The molecule has 1 N–H and O–H groups in total. The summed E-state index contributed by atoms with van der Waals surface area (Å²) in [7, 11) is 0. The van der Waals surface area contributed by atoms with Crippen LogP contribution in [0.5, 0.6) is 0 Å². The number of hydrogen-bond acceptors (Lipinski definition) is 10. The number of benzene rings is 1. The Morgan fingerprint density at radius 2 is 1.88 bits per heavy atom. The highest BCUT2D eigenvalue weighted by Gasteiger charge is 2.55. The molecular formula is C34H32BrN9O4. The third kappa shape index (κ3) is 5.49. The number of likely N-dealkylation sites (tertiary alicyclic amines) is 1. The molecule has 5 aromatic rings. The topological polar surface area (TPSA) is 162 Å². The van der Waals surface area contributed by atoms with Gasteiger partial charge in [-0.3, -0.25) is 19.1 Å². The van der Waals surface area contributed by atoms with Crippen molar-refractivity contribution in [2.24, 2.45) is 5.41 Å². The molecule has 0 spiro atoms. The summed E-state index contributed by atoms with van der Waals surface area (Å²) >= 11 is 3.39. The molecule has 13 nitrogen and oxygen atoms in total. The Labute approximate surface area is 284 Å². The van der Waals surface area contributed by atoms with Crippen LogP contribution in [-0.4, -0.2) is 69.5 Å². The quantitative estimate of drug-likeness (QED) is 0.123. The molecule has 2 aliphatic rings. The van der Waals surface area contributed by atoms with Gasteiger partial charge in [0.05, 0.1) is 17.1 Å². The van der Waals surface area contributed by atoms with Crippen molar-refractivity contribution in [1.82, 2.24) is 39.8 Å². The number of aryl methyl sites for hydroxylation is 1. The van der Waals surface area contributed by atoms with Crippen LogP contribution in [0.25, 0.3) is 33.5 Å². The molecule has 244 valence electrons. The summed E-state index contributed by atoms with van der Waals surface area (Å²) in [5.41, 5.74) is 2.60. The molecule has 1 saturated heterocycles. The van der Waals surface area contributed by atoms with Gasteiger partial charge in [0.2, 0.25) is 17.7 Å². The lowest BCUT2D eigenvalue weighted by molar-refractivity contribution is -0.139. The molecule has 1 fully saturated rings. The molecule has 5 heterocycles. The number of pyridine rings is 1. The van der Waals surface area contributed by atoms with E-state index in [1.807, 2.05) is 58.0 Å². The Bertz CT molecular complexity index is 2140. The maximum absolute atomic E-state index is 14.2. The highest BCUT2D eigenvalue weighted by atomic mass is 79.9. The van der Waals surface area contributed by atoms with E-state index in [0.717, 1.165) is 11.1 Å². The number of carbonyl (C=O) groups excluding carboxylic acids is 3. The standard InChI is InChI=1S/C34H32BrN9O4/c1-17(2)32-40-41-33(48-32)22-7-9-27(35)38-30(22)39-31(47)25-13-34(5)11-10-26(34)44(25)28(46)16-43-24-8-6-20(21-14-36-19(4)37-15-21)12-23(24)29(42-43)18(3)45/h6-12,14-15,17,25-26H,13,16H2,1-5H3,(H,38,39,47)/t25-,26+,34+/m0/s1. The van der Waals surface area contributed by atoms with Gasteiger partial charge >= 0.3 is 0 Å². The first kappa shape index (κ1) is 31.5. The number of hydrogen-bond donors (Lipinski definition) is 1. The fraction of sp³-hybridized carbons (Fsp3) is 0.324. The van der Waals surface area contributed by atoms with E-state index >= 15 is 0 Å². The number of carbonyl (C=O) groups is 3. The van der Waals surface area contributed by atoms with Crippen LogP contribution in [0.15, 0.2) is 63.9 Å². The zero-order valence-electron chi connectivity index (χ0n) is 26.9. The molecule has 0 bridgehead atoms. The van der Waals surface area contributed by atoms with Crippen LogP contribution in [0.1, 0.15) is 62.2 Å². The van der Waals surface area contributed by atoms with Crippen molar-refractivity contribution >= 4 is 50.2 Å². The van der Waals surface area contributed by atoms with E-state index in [1.54, 1.807) is 29.4 Å². The fourth-order valence-corrected chi connectivity index (χ4v) is 6.65. The van der Waals surface area contributed by atoms with Gasteiger partial charge in [-0.15, -0.1) is 10.2 Å². The van der Waals surface area contributed by atoms with Crippen molar-refractivity contribution in [3.8, 4) is 22.6 Å². The van der Waals surface area contributed by atoms with Crippen LogP contribution >= 0.6 is 15.9 Å². The second-order valence-electron chi connectivity index (χ2n) is 12.8. The van der Waals surface area contributed by atoms with E-state index in [0.29, 0.717) is 39.2 Å². The number of nitrogens with zero attached hydrogens (tertiary/aromatic N) is 8. The van der Waals surface area contributed by atoms with E-state index in [4.69, 9.17) is 4.42 Å². The smallest absolute Gasteiger partial charge is 0.251 e. The molecule has 0 radical (unpaired) electrons. The molecular weight excluding hydrogens is 678 g/mol. The number of ketones is 1. The molecule has 3 atom stereocenters. The van der Waals surface area contributed by atoms with Gasteiger partial charge in [0.25, 0.3) is 5.89 Å². The highest BCUT2D eigenvalue weighted by molar-refractivity contribution is 9.10. The van der Waals surface area contributed by atoms with Crippen molar-refractivity contribution in [3.05, 3.63) is 76.9 Å². The van der Waals surface area contributed by atoms with Crippen LogP contribution < -0.4 is 5.32 Å². The zero-order chi connectivity index (χ0) is 33.9. The minimum absolute atomic E-state index is 0.0257. The van der Waals surface area contributed by atoms with E-state index in [1.165, 1.54) is 11.6 Å². The third-order valence-corrected chi connectivity index (χ3v) is 9.39. The number of rotatable bonds is 8. The third-order valence-electron chi connectivity index (χ3n) is 8.95. The largest absolute Gasteiger partial charge is 0.420 e. The second kappa shape index (κ2) is 11.8. The summed E-state index contributed by atoms with van der Waals surface area (Å²) in [6.45, 7) is 9.02. The van der Waals surface area contributed by atoms with Crippen molar-refractivity contribution in [2.45, 2.75) is 65.6 Å². The van der Waals surface area contributed by atoms with Crippen LogP contribution in [0.3, 0.4) is 0 Å². The SMILES string of the molecule is CC(=O)c1nn(CC(=O)N2[C@H](C(=O)Nc3nc(Br)ccc3-c3nnc(C(C)C)o3)C[C@@]3(C)C=C[C@@H]23)c2ccc(-c3cnc(C)nc3)cc12. The maximum Gasteiger partial charge on any atom is 0.251 e. The lowest BCUT2D eigenvalue weighted by Gasteiger charge is -2.38. The van der Waals surface area contributed by atoms with Crippen molar-refractivity contribution in [1.29, 1.82) is 0 Å². The van der Waals surface area contributed by atoms with Gasteiger partial charge in [0.1, 0.15) is 34.5 Å². The summed E-state index contributed by atoms with van der Waals surface area (Å²) < 4.78 is 7.89. The number of fused-ring (bicyclic) bond motifs is 2. The van der Waals surface area contributed by atoms with Gasteiger partial charge in [-0.25, -0.2) is 15.0 Å². The fourth-order valence-electron chi connectivity index (χ4n) is 6.34. The minimum Gasteiger partial charge on any atom is -0.420 e. The average Bonchev–Trinajstić information content (AvgIpc) is 3.72. The Morgan fingerprint density at radius 1 is 1.10 bits per heavy atom. The first-order valence-corrected chi connectivity index (χ1v) is 16.3. The monoisotopic (exact) mass is 709 g/mol. The van der Waals surface area contributed by atoms with Gasteiger partial charge in [0.15, 0.2) is 5.78 Å². The predicted molar refractivity (Wildman–Crippen MR) is 180 cm³/mol. The van der Waals surface area contributed by atoms with Gasteiger partial charge in [-0.2, -0.15) is 5.10 Å². The van der Waals surface area contributed by atoms with E-state index in [9.17, 15) is 14.4 Å². The highest BCUT2D eigenvalue weighted by Crippen LogP contribution is 2.49. The molecule has 1 aromatic carbocycles. The molecule has 14 heteroatoms. The molecule has 0 unspecified atom stereocenters. The molecule has 0 saturated carbocycles. The number of halogens is 1. The van der Waals surface area contributed by atoms with E-state index in [2.05, 4.69) is 51.5 Å². The molecule has 7 rings (SSSR count). The van der Waals surface area contributed by atoms with Crippen molar-refractivity contribution in [3.63, 3.8) is 0 Å². The van der Waals surface area contributed by atoms with E-state index < -0.39 is 11.9 Å². The summed E-state index contributed by atoms with van der Waals surface area (Å²) in [6, 6.07) is 7.97. The maximum atomic E-state index is 14.2. The molecule has 48 heavy (non-hydrogen) atoms. The van der Waals surface area contributed by atoms with Gasteiger partial charge in [-0.1, -0.05) is 39.0 Å². The Balaban J connectivity index is 1.18. The molecule has 4 aromatic heterocycles. The number of anilines is 1. The average molecular weight is 711 g/mol. The normalized spacial score (nSPS) is 19.9. The van der Waals surface area contributed by atoms with Gasteiger partial charge < -0.3 is 14.6 Å². The first-order valence-electron chi connectivity index (χ1n) is 15.5. The predicted octanol–water partition coefficient (Wildman–Crippen LogP) is 5.52. The van der Waals surface area contributed by atoms with Crippen LogP contribution in [0.4, 0.5) is 5.82 Å². The van der Waals surface area contributed by atoms with Gasteiger partial charge in [0, 0.05) is 41.6 Å².